The molecule has 1 aliphatic heterocycles. The minimum atomic E-state index is -0.296. The topological polar surface area (TPSA) is 73.9 Å². The van der Waals surface area contributed by atoms with Crippen molar-refractivity contribution in [2.45, 2.75) is 51.0 Å². The molecule has 2 fully saturated rings. The maximum Gasteiger partial charge on any atom is 0.244 e. The zero-order valence-electron chi connectivity index (χ0n) is 14.7. The zero-order valence-corrected chi connectivity index (χ0v) is 14.7. The van der Waals surface area contributed by atoms with Crippen LogP contribution in [0.15, 0.2) is 19.0 Å². The Bertz CT molecular complexity index is 801. The lowest BCUT2D eigenvalue weighted by Crippen LogP contribution is -2.46. The molecule has 0 bridgehead atoms. The second-order valence-electron chi connectivity index (χ2n) is 7.20. The van der Waals surface area contributed by atoms with E-state index in [1.807, 2.05) is 24.2 Å². The standard InChI is InChI=1S/C19H25N5O/c1-12(22-13(2)19(25)24-8-4-3-5-9-24)15-10-20-18-17(15)23-16(11-21-18)14-6-7-14/h10-11,13-14,22H,1,3-9H2,2H3,(H,20,21). The maximum absolute atomic E-state index is 12.6. The number of piperidine rings is 1. The number of hydrogen-bond acceptors (Lipinski definition) is 4. The van der Waals surface area contributed by atoms with Gasteiger partial charge < -0.3 is 15.2 Å². The first-order valence-corrected chi connectivity index (χ1v) is 9.22. The number of amides is 1. The summed E-state index contributed by atoms with van der Waals surface area (Å²) in [5.74, 6) is 0.700. The summed E-state index contributed by atoms with van der Waals surface area (Å²) >= 11 is 0. The number of nitrogens with one attached hydrogen (secondary N) is 2. The molecular weight excluding hydrogens is 314 g/mol. The van der Waals surface area contributed by atoms with E-state index in [1.165, 1.54) is 19.3 Å². The molecule has 6 nitrogen and oxygen atoms in total. The van der Waals surface area contributed by atoms with Gasteiger partial charge in [-0.1, -0.05) is 6.58 Å². The predicted molar refractivity (Wildman–Crippen MR) is 97.9 cm³/mol. The Kier molecular flexibility index (Phi) is 4.19. The average Bonchev–Trinajstić information content (AvgIpc) is 3.40. The number of carbonyl (C=O) groups is 1. The summed E-state index contributed by atoms with van der Waals surface area (Å²) < 4.78 is 0. The molecule has 132 valence electrons. The van der Waals surface area contributed by atoms with Crippen molar-refractivity contribution in [3.05, 3.63) is 30.2 Å². The normalized spacial score (nSPS) is 19.0. The van der Waals surface area contributed by atoms with Crippen LogP contribution in [0.3, 0.4) is 0 Å². The van der Waals surface area contributed by atoms with E-state index in [0.717, 1.165) is 48.4 Å². The van der Waals surface area contributed by atoms with Crippen LogP contribution >= 0.6 is 0 Å². The van der Waals surface area contributed by atoms with Crippen molar-refractivity contribution in [2.75, 3.05) is 13.1 Å². The smallest absolute Gasteiger partial charge is 0.244 e. The number of H-pyrrole nitrogens is 1. The highest BCUT2D eigenvalue weighted by molar-refractivity contribution is 5.89. The van der Waals surface area contributed by atoms with E-state index < -0.39 is 0 Å². The molecule has 1 saturated heterocycles. The minimum absolute atomic E-state index is 0.144. The third-order valence-corrected chi connectivity index (χ3v) is 5.15. The van der Waals surface area contributed by atoms with Crippen LogP contribution in [0.25, 0.3) is 16.9 Å². The average molecular weight is 339 g/mol. The molecule has 0 spiro atoms. The Balaban J connectivity index is 1.49. The quantitative estimate of drug-likeness (QED) is 0.878. The summed E-state index contributed by atoms with van der Waals surface area (Å²) in [7, 11) is 0. The number of carbonyl (C=O) groups excluding carboxylic acids is 1. The van der Waals surface area contributed by atoms with E-state index >= 15 is 0 Å². The van der Waals surface area contributed by atoms with E-state index in [9.17, 15) is 4.79 Å². The molecule has 4 rings (SSSR count). The molecule has 0 aromatic carbocycles. The third kappa shape index (κ3) is 3.25. The Hall–Kier alpha value is -2.37. The van der Waals surface area contributed by atoms with Crippen LogP contribution in [0.4, 0.5) is 0 Å². The SMILES string of the molecule is C=C(NC(C)C(=O)N1CCCCC1)c1c[nH]c2ncc(C3CC3)nc12. The molecule has 1 amide bonds. The molecule has 2 aliphatic rings. The van der Waals surface area contributed by atoms with Crippen molar-refractivity contribution in [3.63, 3.8) is 0 Å². The highest BCUT2D eigenvalue weighted by Crippen LogP contribution is 2.39. The van der Waals surface area contributed by atoms with Crippen LogP contribution < -0.4 is 5.32 Å². The van der Waals surface area contributed by atoms with Crippen LogP contribution in [0, 0.1) is 0 Å². The van der Waals surface area contributed by atoms with Gasteiger partial charge in [0.25, 0.3) is 0 Å². The molecule has 1 atom stereocenters. The van der Waals surface area contributed by atoms with Crippen LogP contribution in [-0.4, -0.2) is 44.9 Å². The third-order valence-electron chi connectivity index (χ3n) is 5.15. The first-order valence-electron chi connectivity index (χ1n) is 9.22. The fourth-order valence-corrected chi connectivity index (χ4v) is 3.50. The lowest BCUT2D eigenvalue weighted by Gasteiger charge is -2.30. The number of fused-ring (bicyclic) bond motifs is 1. The maximum atomic E-state index is 12.6. The van der Waals surface area contributed by atoms with Crippen LogP contribution in [0.5, 0.6) is 0 Å². The van der Waals surface area contributed by atoms with E-state index in [4.69, 9.17) is 4.98 Å². The summed E-state index contributed by atoms with van der Waals surface area (Å²) in [5, 5.41) is 3.26. The number of hydrogen-bond donors (Lipinski definition) is 2. The van der Waals surface area contributed by atoms with Gasteiger partial charge in [-0.15, -0.1) is 0 Å². The molecular formula is C19H25N5O. The summed E-state index contributed by atoms with van der Waals surface area (Å²) in [6, 6.07) is -0.296. The number of likely N-dealkylation sites (tertiary alicyclic amines) is 1. The first kappa shape index (κ1) is 16.1. The summed E-state index contributed by atoms with van der Waals surface area (Å²) in [6.07, 6.45) is 9.53. The van der Waals surface area contributed by atoms with Gasteiger partial charge in [0.2, 0.25) is 5.91 Å². The van der Waals surface area contributed by atoms with Gasteiger partial charge in [-0.25, -0.2) is 9.97 Å². The van der Waals surface area contributed by atoms with Crippen molar-refractivity contribution in [3.8, 4) is 0 Å². The second kappa shape index (κ2) is 6.50. The van der Waals surface area contributed by atoms with Crippen molar-refractivity contribution >= 4 is 22.8 Å². The van der Waals surface area contributed by atoms with Gasteiger partial charge in [0, 0.05) is 36.5 Å². The molecule has 1 aliphatic carbocycles. The van der Waals surface area contributed by atoms with Crippen LogP contribution in [-0.2, 0) is 4.79 Å². The summed E-state index contributed by atoms with van der Waals surface area (Å²) in [5.41, 5.74) is 4.25. The van der Waals surface area contributed by atoms with Gasteiger partial charge in [0.05, 0.1) is 11.9 Å². The number of aromatic nitrogens is 3. The van der Waals surface area contributed by atoms with Crippen molar-refractivity contribution in [1.82, 2.24) is 25.2 Å². The lowest BCUT2D eigenvalue weighted by molar-refractivity contribution is -0.133. The molecule has 0 radical (unpaired) electrons. The Labute approximate surface area is 147 Å². The van der Waals surface area contributed by atoms with Gasteiger partial charge in [0.15, 0.2) is 5.65 Å². The van der Waals surface area contributed by atoms with Crippen molar-refractivity contribution in [2.24, 2.45) is 0 Å². The molecule has 2 N–H and O–H groups in total. The van der Waals surface area contributed by atoms with Crippen LogP contribution in [0.1, 0.15) is 56.2 Å². The lowest BCUT2D eigenvalue weighted by atomic mass is 10.1. The highest BCUT2D eigenvalue weighted by atomic mass is 16.2. The molecule has 1 saturated carbocycles. The molecule has 1 unspecified atom stereocenters. The fraction of sp³-hybridized carbons (Fsp3) is 0.526. The predicted octanol–water partition coefficient (Wildman–Crippen LogP) is 2.80. The van der Waals surface area contributed by atoms with Gasteiger partial charge >= 0.3 is 0 Å². The van der Waals surface area contributed by atoms with Crippen LogP contribution in [0.2, 0.25) is 0 Å². The van der Waals surface area contributed by atoms with Crippen molar-refractivity contribution < 1.29 is 4.79 Å². The van der Waals surface area contributed by atoms with E-state index in [0.29, 0.717) is 11.6 Å². The fourth-order valence-electron chi connectivity index (χ4n) is 3.50. The zero-order chi connectivity index (χ0) is 17.4. The Morgan fingerprint density at radius 1 is 1.36 bits per heavy atom. The second-order valence-corrected chi connectivity index (χ2v) is 7.20. The largest absolute Gasteiger partial charge is 0.374 e. The monoisotopic (exact) mass is 339 g/mol. The summed E-state index contributed by atoms with van der Waals surface area (Å²) in [6.45, 7) is 7.76. The van der Waals surface area contributed by atoms with E-state index in [-0.39, 0.29) is 11.9 Å². The molecule has 3 heterocycles. The van der Waals surface area contributed by atoms with Gasteiger partial charge in [-0.05, 0) is 39.0 Å². The number of aromatic amines is 1. The number of nitrogens with zero attached hydrogens (tertiary/aromatic N) is 3. The van der Waals surface area contributed by atoms with E-state index in [1.54, 1.807) is 0 Å². The Morgan fingerprint density at radius 3 is 2.84 bits per heavy atom. The van der Waals surface area contributed by atoms with Gasteiger partial charge in [-0.3, -0.25) is 4.79 Å². The van der Waals surface area contributed by atoms with Gasteiger partial charge in [-0.2, -0.15) is 0 Å². The Morgan fingerprint density at radius 2 is 2.12 bits per heavy atom. The van der Waals surface area contributed by atoms with E-state index in [2.05, 4.69) is 21.9 Å². The highest BCUT2D eigenvalue weighted by Gasteiger charge is 2.27. The minimum Gasteiger partial charge on any atom is -0.374 e. The first-order chi connectivity index (χ1) is 12.1. The number of rotatable bonds is 5. The molecule has 2 aromatic heterocycles. The van der Waals surface area contributed by atoms with Crippen molar-refractivity contribution in [1.29, 1.82) is 0 Å². The molecule has 6 heteroatoms. The molecule has 25 heavy (non-hydrogen) atoms. The molecule has 2 aromatic rings. The summed E-state index contributed by atoms with van der Waals surface area (Å²) in [4.78, 5) is 27.0. The van der Waals surface area contributed by atoms with Gasteiger partial charge in [0.1, 0.15) is 11.6 Å².